The van der Waals surface area contributed by atoms with Gasteiger partial charge in [-0.2, -0.15) is 10.5 Å². The highest BCUT2D eigenvalue weighted by Gasteiger charge is 2.23. The van der Waals surface area contributed by atoms with Gasteiger partial charge < -0.3 is 15.5 Å². The average Bonchev–Trinajstić information content (AvgIpc) is 2.61. The van der Waals surface area contributed by atoms with Gasteiger partial charge in [0, 0.05) is 11.1 Å². The minimum absolute atomic E-state index is 0.0495. The second-order valence-electron chi connectivity index (χ2n) is 5.31. The summed E-state index contributed by atoms with van der Waals surface area (Å²) < 4.78 is 5.71. The van der Waals surface area contributed by atoms with E-state index < -0.39 is 5.56 Å². The molecular weight excluding hydrogens is 316 g/mol. The van der Waals surface area contributed by atoms with E-state index in [0.717, 1.165) is 10.8 Å². The largest absolute Gasteiger partial charge is 0.493 e. The van der Waals surface area contributed by atoms with Gasteiger partial charge in [0.25, 0.3) is 5.56 Å². The molecule has 0 bridgehead atoms. The molecule has 25 heavy (non-hydrogen) atoms. The molecule has 0 saturated heterocycles. The number of hydrogen-bond donors (Lipinski definition) is 2. The van der Waals surface area contributed by atoms with Gasteiger partial charge in [-0.15, -0.1) is 0 Å². The van der Waals surface area contributed by atoms with Gasteiger partial charge in [-0.1, -0.05) is 30.3 Å². The quantitative estimate of drug-likeness (QED) is 0.766. The van der Waals surface area contributed by atoms with Gasteiger partial charge in [0.15, 0.2) is 0 Å². The fraction of sp³-hybridized carbons (Fsp3) is 0.105. The maximum atomic E-state index is 12.2. The number of aromatic amines is 1. The van der Waals surface area contributed by atoms with Crippen LogP contribution in [0.3, 0.4) is 0 Å². The summed E-state index contributed by atoms with van der Waals surface area (Å²) >= 11 is 0. The second kappa shape index (κ2) is 6.38. The number of nitrogens with two attached hydrogens (primary N) is 1. The number of nitrogens with zero attached hydrogens (tertiary/aromatic N) is 2. The van der Waals surface area contributed by atoms with Crippen LogP contribution < -0.4 is 16.0 Å². The van der Waals surface area contributed by atoms with E-state index in [1.54, 1.807) is 6.07 Å². The van der Waals surface area contributed by atoms with Crippen molar-refractivity contribution in [3.63, 3.8) is 0 Å². The molecule has 0 fully saturated rings. The first kappa shape index (κ1) is 16.1. The molecule has 3 N–H and O–H groups in total. The number of anilines is 1. The molecule has 3 rings (SSSR count). The Morgan fingerprint density at radius 2 is 1.80 bits per heavy atom. The first-order chi connectivity index (χ1) is 12.1. The van der Waals surface area contributed by atoms with Gasteiger partial charge in [0.1, 0.15) is 34.8 Å². The molecule has 0 aliphatic heterocycles. The van der Waals surface area contributed by atoms with Gasteiger partial charge in [0.05, 0.1) is 6.61 Å². The Hall–Kier alpha value is -3.77. The maximum Gasteiger partial charge on any atom is 0.268 e. The first-order valence-corrected chi connectivity index (χ1v) is 7.63. The number of nitriles is 2. The molecule has 0 aliphatic carbocycles. The van der Waals surface area contributed by atoms with Crippen molar-refractivity contribution >= 4 is 16.6 Å². The van der Waals surface area contributed by atoms with Gasteiger partial charge in [-0.05, 0) is 23.8 Å². The van der Waals surface area contributed by atoms with E-state index in [1.165, 1.54) is 0 Å². The predicted octanol–water partition coefficient (Wildman–Crippen LogP) is 2.92. The molecule has 6 heteroatoms. The summed E-state index contributed by atoms with van der Waals surface area (Å²) in [5.74, 6) is 0.413. The van der Waals surface area contributed by atoms with Crippen molar-refractivity contribution in [2.75, 3.05) is 12.3 Å². The Kier molecular flexibility index (Phi) is 4.11. The van der Waals surface area contributed by atoms with Crippen LogP contribution in [0.5, 0.6) is 5.75 Å². The third-order valence-corrected chi connectivity index (χ3v) is 3.91. The normalized spacial score (nSPS) is 10.2. The molecule has 0 spiro atoms. The summed E-state index contributed by atoms with van der Waals surface area (Å²) in [6, 6.07) is 15.0. The summed E-state index contributed by atoms with van der Waals surface area (Å²) in [5.41, 5.74) is 5.80. The predicted molar refractivity (Wildman–Crippen MR) is 95.0 cm³/mol. The van der Waals surface area contributed by atoms with Crippen molar-refractivity contribution in [1.82, 2.24) is 4.98 Å². The molecule has 0 atom stereocenters. The van der Waals surface area contributed by atoms with E-state index in [2.05, 4.69) is 4.98 Å². The Bertz CT molecular complexity index is 1120. The lowest BCUT2D eigenvalue weighted by Crippen LogP contribution is -2.16. The molecular formula is C19H14N4O2. The standard InChI is InChI=1S/C19H14N4O2/c1-2-25-15-8-7-11-5-3-4-6-12(11)17(15)16-13(9-20)18(22)23-19(24)14(16)10-21/h3-8H,2H2,1H3,(H3,22,23,24). The van der Waals surface area contributed by atoms with E-state index in [1.807, 2.05) is 49.4 Å². The van der Waals surface area contributed by atoms with Crippen LogP contribution in [0.2, 0.25) is 0 Å². The molecule has 2 aromatic carbocycles. The van der Waals surface area contributed by atoms with Crippen molar-refractivity contribution < 1.29 is 4.74 Å². The second-order valence-corrected chi connectivity index (χ2v) is 5.31. The number of nitrogen functional groups attached to an aromatic ring is 1. The number of hydrogen-bond acceptors (Lipinski definition) is 5. The number of pyridine rings is 1. The Balaban J connectivity index is 2.58. The lowest BCUT2D eigenvalue weighted by atomic mass is 9.91. The van der Waals surface area contributed by atoms with Crippen LogP contribution in [-0.2, 0) is 0 Å². The lowest BCUT2D eigenvalue weighted by Gasteiger charge is -2.16. The number of rotatable bonds is 3. The van der Waals surface area contributed by atoms with Crippen molar-refractivity contribution in [1.29, 1.82) is 10.5 Å². The number of aromatic nitrogens is 1. The Morgan fingerprint density at radius 1 is 1.08 bits per heavy atom. The van der Waals surface area contributed by atoms with Gasteiger partial charge in [0.2, 0.25) is 0 Å². The van der Waals surface area contributed by atoms with E-state index in [9.17, 15) is 15.3 Å². The van der Waals surface area contributed by atoms with Crippen LogP contribution >= 0.6 is 0 Å². The minimum Gasteiger partial charge on any atom is -0.493 e. The summed E-state index contributed by atoms with van der Waals surface area (Å²) in [4.78, 5) is 14.6. The third-order valence-electron chi connectivity index (χ3n) is 3.91. The van der Waals surface area contributed by atoms with E-state index >= 15 is 0 Å². The molecule has 0 radical (unpaired) electrons. The highest BCUT2D eigenvalue weighted by molar-refractivity contribution is 6.02. The van der Waals surface area contributed by atoms with Crippen LogP contribution in [0.4, 0.5) is 5.82 Å². The van der Waals surface area contributed by atoms with Crippen LogP contribution in [-0.4, -0.2) is 11.6 Å². The zero-order valence-electron chi connectivity index (χ0n) is 13.5. The van der Waals surface area contributed by atoms with Gasteiger partial charge >= 0.3 is 0 Å². The molecule has 0 saturated carbocycles. The molecule has 1 aromatic heterocycles. The van der Waals surface area contributed by atoms with E-state index in [4.69, 9.17) is 10.5 Å². The van der Waals surface area contributed by atoms with E-state index in [-0.39, 0.29) is 22.5 Å². The molecule has 1 heterocycles. The summed E-state index contributed by atoms with van der Waals surface area (Å²) in [5, 5.41) is 20.7. The highest BCUT2D eigenvalue weighted by atomic mass is 16.5. The van der Waals surface area contributed by atoms with Gasteiger partial charge in [-0.3, -0.25) is 4.79 Å². The Morgan fingerprint density at radius 3 is 2.48 bits per heavy atom. The topological polar surface area (TPSA) is 116 Å². The Labute approximate surface area is 143 Å². The zero-order valence-corrected chi connectivity index (χ0v) is 13.5. The number of ether oxygens (including phenoxy) is 1. The van der Waals surface area contributed by atoms with Gasteiger partial charge in [-0.25, -0.2) is 0 Å². The van der Waals surface area contributed by atoms with Crippen LogP contribution in [0.25, 0.3) is 21.9 Å². The average molecular weight is 330 g/mol. The van der Waals surface area contributed by atoms with Crippen LogP contribution in [0.15, 0.2) is 41.2 Å². The fourth-order valence-electron chi connectivity index (χ4n) is 2.88. The smallest absolute Gasteiger partial charge is 0.268 e. The SMILES string of the molecule is CCOc1ccc2ccccc2c1-c1c(C#N)c(N)[nH]c(=O)c1C#N. The minimum atomic E-state index is -0.635. The summed E-state index contributed by atoms with van der Waals surface area (Å²) in [6.45, 7) is 2.23. The molecule has 3 aromatic rings. The van der Waals surface area contributed by atoms with Crippen LogP contribution in [0.1, 0.15) is 18.1 Å². The number of fused-ring (bicyclic) bond motifs is 1. The summed E-state index contributed by atoms with van der Waals surface area (Å²) in [6.07, 6.45) is 0. The van der Waals surface area contributed by atoms with Crippen molar-refractivity contribution in [3.05, 3.63) is 57.9 Å². The fourth-order valence-corrected chi connectivity index (χ4v) is 2.88. The van der Waals surface area contributed by atoms with Crippen molar-refractivity contribution in [2.45, 2.75) is 6.92 Å². The zero-order chi connectivity index (χ0) is 18.0. The van der Waals surface area contributed by atoms with Crippen molar-refractivity contribution in [2.24, 2.45) is 0 Å². The number of benzene rings is 2. The first-order valence-electron chi connectivity index (χ1n) is 7.63. The lowest BCUT2D eigenvalue weighted by molar-refractivity contribution is 0.342. The van der Waals surface area contributed by atoms with Crippen LogP contribution in [0, 0.1) is 22.7 Å². The molecule has 0 amide bonds. The van der Waals surface area contributed by atoms with Crippen molar-refractivity contribution in [3.8, 4) is 29.0 Å². The molecule has 0 aliphatic rings. The maximum absolute atomic E-state index is 12.2. The monoisotopic (exact) mass is 330 g/mol. The van der Waals surface area contributed by atoms with E-state index in [0.29, 0.717) is 17.9 Å². The third kappa shape index (κ3) is 2.56. The molecule has 122 valence electrons. The number of nitrogens with one attached hydrogen (secondary N) is 1. The highest BCUT2D eigenvalue weighted by Crippen LogP contribution is 2.40. The molecule has 0 unspecified atom stereocenters. The molecule has 6 nitrogen and oxygen atoms in total. The number of H-pyrrole nitrogens is 1. The summed E-state index contributed by atoms with van der Waals surface area (Å²) in [7, 11) is 0.